The Morgan fingerprint density at radius 3 is 3.05 bits per heavy atom. The van der Waals surface area contributed by atoms with Crippen molar-refractivity contribution in [2.24, 2.45) is 0 Å². The SMILES string of the molecule is CS[C@@H](C)C(=O)NCCOc1ccc2c(c1)OCO2. The summed E-state index contributed by atoms with van der Waals surface area (Å²) >= 11 is 1.52. The monoisotopic (exact) mass is 283 g/mol. The normalized spacial score (nSPS) is 14.0. The first kappa shape index (κ1) is 13.9. The third-order valence-electron chi connectivity index (χ3n) is 2.74. The van der Waals surface area contributed by atoms with E-state index in [1.54, 1.807) is 6.07 Å². The Kier molecular flexibility index (Phi) is 4.79. The van der Waals surface area contributed by atoms with Gasteiger partial charge in [-0.05, 0) is 25.3 Å². The van der Waals surface area contributed by atoms with Crippen LogP contribution in [0.2, 0.25) is 0 Å². The molecule has 1 amide bonds. The van der Waals surface area contributed by atoms with Crippen LogP contribution in [0.1, 0.15) is 6.92 Å². The number of nitrogens with one attached hydrogen (secondary N) is 1. The van der Waals surface area contributed by atoms with Crippen LogP contribution in [-0.4, -0.2) is 37.4 Å². The quantitative estimate of drug-likeness (QED) is 0.805. The second kappa shape index (κ2) is 6.56. The fourth-order valence-corrected chi connectivity index (χ4v) is 1.86. The highest BCUT2D eigenvalue weighted by molar-refractivity contribution is 7.99. The standard InChI is InChI=1S/C13H17NO4S/c1-9(19-2)13(15)14-5-6-16-10-3-4-11-12(7-10)18-8-17-11/h3-4,7,9H,5-6,8H2,1-2H3,(H,14,15)/t9-/m0/s1. The molecule has 0 saturated carbocycles. The molecule has 0 saturated heterocycles. The van der Waals surface area contributed by atoms with Crippen LogP contribution in [0.4, 0.5) is 0 Å². The maximum atomic E-state index is 11.5. The first-order valence-corrected chi connectivity index (χ1v) is 7.32. The number of amides is 1. The molecule has 0 aliphatic carbocycles. The summed E-state index contributed by atoms with van der Waals surface area (Å²) in [7, 11) is 0. The molecule has 6 heteroatoms. The zero-order valence-electron chi connectivity index (χ0n) is 11.0. The maximum absolute atomic E-state index is 11.5. The van der Waals surface area contributed by atoms with Gasteiger partial charge in [-0.1, -0.05) is 0 Å². The summed E-state index contributed by atoms with van der Waals surface area (Å²) in [6.45, 7) is 3.03. The summed E-state index contributed by atoms with van der Waals surface area (Å²) in [6, 6.07) is 5.42. The summed E-state index contributed by atoms with van der Waals surface area (Å²) in [6.07, 6.45) is 1.91. The minimum absolute atomic E-state index is 0.0294. The molecule has 1 aliphatic heterocycles. The molecule has 5 nitrogen and oxygen atoms in total. The predicted octanol–water partition coefficient (Wildman–Crippen LogP) is 1.66. The van der Waals surface area contributed by atoms with Gasteiger partial charge in [0.2, 0.25) is 12.7 Å². The van der Waals surface area contributed by atoms with Crippen LogP contribution < -0.4 is 19.5 Å². The molecule has 104 valence electrons. The van der Waals surface area contributed by atoms with E-state index in [9.17, 15) is 4.79 Å². The Morgan fingerprint density at radius 1 is 1.47 bits per heavy atom. The highest BCUT2D eigenvalue weighted by Crippen LogP contribution is 2.34. The third kappa shape index (κ3) is 3.70. The first-order chi connectivity index (χ1) is 9.20. The van der Waals surface area contributed by atoms with Crippen molar-refractivity contribution in [2.75, 3.05) is 26.2 Å². The number of hydrogen-bond acceptors (Lipinski definition) is 5. The number of fused-ring (bicyclic) bond motifs is 1. The van der Waals surface area contributed by atoms with E-state index in [2.05, 4.69) is 5.32 Å². The average molecular weight is 283 g/mol. The largest absolute Gasteiger partial charge is 0.492 e. The van der Waals surface area contributed by atoms with Gasteiger partial charge < -0.3 is 19.5 Å². The Balaban J connectivity index is 1.73. The number of carbonyl (C=O) groups excluding carboxylic acids is 1. The van der Waals surface area contributed by atoms with Gasteiger partial charge in [-0.25, -0.2) is 0 Å². The second-order valence-corrected chi connectivity index (χ2v) is 5.21. The number of benzene rings is 1. The van der Waals surface area contributed by atoms with Crippen molar-refractivity contribution in [1.82, 2.24) is 5.32 Å². The van der Waals surface area contributed by atoms with Crippen LogP contribution >= 0.6 is 11.8 Å². The van der Waals surface area contributed by atoms with Crippen LogP contribution in [0.25, 0.3) is 0 Å². The van der Waals surface area contributed by atoms with Crippen molar-refractivity contribution >= 4 is 17.7 Å². The van der Waals surface area contributed by atoms with Gasteiger partial charge in [-0.3, -0.25) is 4.79 Å². The van der Waals surface area contributed by atoms with E-state index in [1.165, 1.54) is 11.8 Å². The molecular formula is C13H17NO4S. The zero-order valence-corrected chi connectivity index (χ0v) is 11.8. The van der Waals surface area contributed by atoms with Crippen molar-refractivity contribution in [2.45, 2.75) is 12.2 Å². The van der Waals surface area contributed by atoms with E-state index in [0.717, 1.165) is 5.75 Å². The van der Waals surface area contributed by atoms with Gasteiger partial charge in [0, 0.05) is 6.07 Å². The number of thioether (sulfide) groups is 1. The summed E-state index contributed by atoms with van der Waals surface area (Å²) in [5.41, 5.74) is 0. The van der Waals surface area contributed by atoms with Gasteiger partial charge in [-0.15, -0.1) is 0 Å². The smallest absolute Gasteiger partial charge is 0.232 e. The van der Waals surface area contributed by atoms with E-state index < -0.39 is 0 Å². The fraction of sp³-hybridized carbons (Fsp3) is 0.462. The second-order valence-electron chi connectivity index (χ2n) is 4.03. The Hall–Kier alpha value is -1.56. The molecule has 1 atom stereocenters. The van der Waals surface area contributed by atoms with Crippen molar-refractivity contribution < 1.29 is 19.0 Å². The van der Waals surface area contributed by atoms with E-state index >= 15 is 0 Å². The topological polar surface area (TPSA) is 56.8 Å². The van der Waals surface area contributed by atoms with Gasteiger partial charge in [0.25, 0.3) is 0 Å². The lowest BCUT2D eigenvalue weighted by atomic mass is 10.3. The molecule has 19 heavy (non-hydrogen) atoms. The summed E-state index contributed by atoms with van der Waals surface area (Å²) < 4.78 is 16.0. The predicted molar refractivity (Wildman–Crippen MR) is 74.0 cm³/mol. The van der Waals surface area contributed by atoms with Gasteiger partial charge in [0.05, 0.1) is 11.8 Å². The van der Waals surface area contributed by atoms with Crippen molar-refractivity contribution in [3.63, 3.8) is 0 Å². The number of carbonyl (C=O) groups is 1. The minimum atomic E-state index is -0.0365. The molecule has 0 bridgehead atoms. The molecule has 1 heterocycles. The molecule has 1 aromatic rings. The van der Waals surface area contributed by atoms with Crippen LogP contribution in [0.5, 0.6) is 17.2 Å². The molecule has 1 N–H and O–H groups in total. The molecule has 2 rings (SSSR count). The highest BCUT2D eigenvalue weighted by atomic mass is 32.2. The Morgan fingerprint density at radius 2 is 2.26 bits per heavy atom. The van der Waals surface area contributed by atoms with Gasteiger partial charge in [0.1, 0.15) is 12.4 Å². The molecule has 0 spiro atoms. The molecule has 1 aliphatic rings. The summed E-state index contributed by atoms with van der Waals surface area (Å²) in [5.74, 6) is 2.16. The van der Waals surface area contributed by atoms with Crippen molar-refractivity contribution in [1.29, 1.82) is 0 Å². The van der Waals surface area contributed by atoms with E-state index in [4.69, 9.17) is 14.2 Å². The molecule has 1 aromatic carbocycles. The number of ether oxygens (including phenoxy) is 3. The van der Waals surface area contributed by atoms with Gasteiger partial charge in [-0.2, -0.15) is 11.8 Å². The molecule has 0 radical (unpaired) electrons. The lowest BCUT2D eigenvalue weighted by Gasteiger charge is -2.10. The highest BCUT2D eigenvalue weighted by Gasteiger charge is 2.14. The minimum Gasteiger partial charge on any atom is -0.492 e. The summed E-state index contributed by atoms with van der Waals surface area (Å²) in [5, 5.41) is 2.78. The maximum Gasteiger partial charge on any atom is 0.232 e. The molecule has 0 unspecified atom stereocenters. The van der Waals surface area contributed by atoms with Crippen LogP contribution in [0.3, 0.4) is 0 Å². The van der Waals surface area contributed by atoms with E-state index in [-0.39, 0.29) is 18.0 Å². The van der Waals surface area contributed by atoms with Crippen LogP contribution in [0.15, 0.2) is 18.2 Å². The van der Waals surface area contributed by atoms with Crippen LogP contribution in [0, 0.1) is 0 Å². The summed E-state index contributed by atoms with van der Waals surface area (Å²) in [4.78, 5) is 11.5. The van der Waals surface area contributed by atoms with Gasteiger partial charge in [0.15, 0.2) is 11.5 Å². The Labute approximate surface area is 116 Å². The van der Waals surface area contributed by atoms with Crippen LogP contribution in [-0.2, 0) is 4.79 Å². The van der Waals surface area contributed by atoms with Crippen molar-refractivity contribution in [3.8, 4) is 17.2 Å². The Bertz CT molecular complexity index is 452. The lowest BCUT2D eigenvalue weighted by molar-refractivity contribution is -0.120. The van der Waals surface area contributed by atoms with E-state index in [0.29, 0.717) is 24.7 Å². The van der Waals surface area contributed by atoms with Gasteiger partial charge >= 0.3 is 0 Å². The number of rotatable bonds is 6. The molecule has 0 fully saturated rings. The first-order valence-electron chi connectivity index (χ1n) is 6.03. The molecular weight excluding hydrogens is 266 g/mol. The third-order valence-corrected chi connectivity index (χ3v) is 3.66. The number of hydrogen-bond donors (Lipinski definition) is 1. The molecule has 0 aromatic heterocycles. The van der Waals surface area contributed by atoms with Crippen molar-refractivity contribution in [3.05, 3.63) is 18.2 Å². The lowest BCUT2D eigenvalue weighted by Crippen LogP contribution is -2.33. The zero-order chi connectivity index (χ0) is 13.7. The fourth-order valence-electron chi connectivity index (χ4n) is 1.56. The average Bonchev–Trinajstić information content (AvgIpc) is 2.89. The van der Waals surface area contributed by atoms with E-state index in [1.807, 2.05) is 25.3 Å².